The molecule has 2 heterocycles. The van der Waals surface area contributed by atoms with Crippen LogP contribution in [0.4, 0.5) is 17.1 Å². The van der Waals surface area contributed by atoms with Gasteiger partial charge in [0.05, 0.1) is 16.7 Å². The lowest BCUT2D eigenvalue weighted by Crippen LogP contribution is -2.10. The van der Waals surface area contributed by atoms with Crippen molar-refractivity contribution in [1.82, 2.24) is 4.57 Å². The van der Waals surface area contributed by atoms with Gasteiger partial charge in [-0.2, -0.15) is 0 Å². The zero-order valence-corrected chi connectivity index (χ0v) is 33.2. The van der Waals surface area contributed by atoms with Gasteiger partial charge in [0.25, 0.3) is 0 Å². The average Bonchev–Trinajstić information content (AvgIpc) is 3.89. The third kappa shape index (κ3) is 5.82. The molecular formula is C58H38N2O. The highest BCUT2D eigenvalue weighted by molar-refractivity contribution is 6.19. The summed E-state index contributed by atoms with van der Waals surface area (Å²) in [4.78, 5) is 2.37. The molecule has 0 aliphatic heterocycles. The number of aromatic nitrogens is 1. The Balaban J connectivity index is 1.00. The van der Waals surface area contributed by atoms with Crippen LogP contribution in [-0.4, -0.2) is 4.57 Å². The molecule has 0 bridgehead atoms. The molecule has 0 saturated heterocycles. The second-order valence-electron chi connectivity index (χ2n) is 15.7. The Labute approximate surface area is 353 Å². The topological polar surface area (TPSA) is 21.3 Å². The van der Waals surface area contributed by atoms with E-state index in [1.165, 1.54) is 38.3 Å². The predicted molar refractivity (Wildman–Crippen MR) is 257 cm³/mol. The summed E-state index contributed by atoms with van der Waals surface area (Å²) >= 11 is 0. The molecule has 0 fully saturated rings. The summed E-state index contributed by atoms with van der Waals surface area (Å²) in [5, 5.41) is 7.06. The quantitative estimate of drug-likeness (QED) is 0.161. The van der Waals surface area contributed by atoms with Crippen LogP contribution >= 0.6 is 0 Å². The molecule has 0 aliphatic carbocycles. The van der Waals surface area contributed by atoms with Gasteiger partial charge < -0.3 is 13.9 Å². The number of hydrogen-bond acceptors (Lipinski definition) is 2. The molecule has 0 amide bonds. The Kier molecular flexibility index (Phi) is 8.17. The van der Waals surface area contributed by atoms with Gasteiger partial charge in [-0.1, -0.05) is 164 Å². The van der Waals surface area contributed by atoms with E-state index < -0.39 is 0 Å². The van der Waals surface area contributed by atoms with Crippen molar-refractivity contribution in [3.8, 4) is 39.1 Å². The summed E-state index contributed by atoms with van der Waals surface area (Å²) < 4.78 is 9.02. The molecule has 12 aromatic rings. The van der Waals surface area contributed by atoms with Crippen LogP contribution in [0.3, 0.4) is 0 Å². The molecule has 0 spiro atoms. The number of rotatable bonds is 7. The third-order valence-corrected chi connectivity index (χ3v) is 12.2. The second kappa shape index (κ2) is 14.3. The smallest absolute Gasteiger partial charge is 0.143 e. The van der Waals surface area contributed by atoms with Crippen LogP contribution < -0.4 is 4.90 Å². The predicted octanol–water partition coefficient (Wildman–Crippen LogP) is 16.3. The molecule has 61 heavy (non-hydrogen) atoms. The molecule has 0 saturated carbocycles. The molecule has 0 radical (unpaired) electrons. The Morgan fingerprint density at radius 1 is 0.344 bits per heavy atom. The van der Waals surface area contributed by atoms with E-state index in [2.05, 4.69) is 240 Å². The number of anilines is 3. The Hall–Kier alpha value is -8.14. The first-order valence-corrected chi connectivity index (χ1v) is 20.8. The van der Waals surface area contributed by atoms with Gasteiger partial charge in [-0.3, -0.25) is 0 Å². The standard InChI is InChI=1S/C58H38N2O/c1-2-15-39(16-3-1)42-18-12-20-45(37-42)59(46-21-13-19-43(38-46)48-26-14-30-56-57(48)52-36-33-40-17-4-5-23-49(40)58(52)61-56)44-34-31-41(32-35-44)47-22-6-9-27-53(47)60-54-28-10-7-24-50(54)51-25-8-11-29-55(51)60/h1-38H. The Bertz CT molecular complexity index is 3540. The number of fused-ring (bicyclic) bond motifs is 8. The van der Waals surface area contributed by atoms with Gasteiger partial charge in [0.1, 0.15) is 11.2 Å². The van der Waals surface area contributed by atoms with E-state index in [4.69, 9.17) is 4.42 Å². The first-order chi connectivity index (χ1) is 30.3. The number of nitrogens with zero attached hydrogens (tertiary/aromatic N) is 2. The lowest BCUT2D eigenvalue weighted by molar-refractivity contribution is 0.673. The monoisotopic (exact) mass is 778 g/mol. The molecule has 10 aromatic carbocycles. The maximum absolute atomic E-state index is 6.61. The minimum absolute atomic E-state index is 0.887. The Morgan fingerprint density at radius 3 is 1.70 bits per heavy atom. The summed E-state index contributed by atoms with van der Waals surface area (Å²) in [5.74, 6) is 0. The van der Waals surface area contributed by atoms with E-state index in [1.807, 2.05) is 0 Å². The first kappa shape index (κ1) is 34.9. The first-order valence-electron chi connectivity index (χ1n) is 20.8. The summed E-state index contributed by atoms with van der Waals surface area (Å²) in [6.07, 6.45) is 0. The fraction of sp³-hybridized carbons (Fsp3) is 0. The zero-order valence-electron chi connectivity index (χ0n) is 33.2. The van der Waals surface area contributed by atoms with Crippen molar-refractivity contribution >= 4 is 71.6 Å². The highest BCUT2D eigenvalue weighted by Crippen LogP contribution is 2.43. The number of para-hydroxylation sites is 3. The van der Waals surface area contributed by atoms with Gasteiger partial charge in [-0.05, 0) is 99.9 Å². The maximum atomic E-state index is 6.61. The molecule has 0 N–H and O–H groups in total. The molecule has 0 unspecified atom stereocenters. The molecule has 12 rings (SSSR count). The molecule has 3 heteroatoms. The molecule has 3 nitrogen and oxygen atoms in total. The number of benzene rings is 10. The highest BCUT2D eigenvalue weighted by Gasteiger charge is 2.20. The summed E-state index contributed by atoms with van der Waals surface area (Å²) in [6, 6.07) is 82.9. The number of furan rings is 1. The maximum Gasteiger partial charge on any atom is 0.143 e. The summed E-state index contributed by atoms with van der Waals surface area (Å²) in [6.45, 7) is 0. The fourth-order valence-electron chi connectivity index (χ4n) is 9.39. The van der Waals surface area contributed by atoms with Crippen molar-refractivity contribution in [3.05, 3.63) is 231 Å². The minimum Gasteiger partial charge on any atom is -0.455 e. The average molecular weight is 779 g/mol. The molecule has 0 atom stereocenters. The van der Waals surface area contributed by atoms with Gasteiger partial charge >= 0.3 is 0 Å². The van der Waals surface area contributed by atoms with Crippen LogP contribution in [0, 0.1) is 0 Å². The molecule has 286 valence electrons. The van der Waals surface area contributed by atoms with E-state index in [0.717, 1.165) is 72.3 Å². The van der Waals surface area contributed by atoms with Crippen molar-refractivity contribution < 1.29 is 4.42 Å². The number of hydrogen-bond donors (Lipinski definition) is 0. The lowest BCUT2D eigenvalue weighted by atomic mass is 9.97. The van der Waals surface area contributed by atoms with Gasteiger partial charge in [-0.25, -0.2) is 0 Å². The van der Waals surface area contributed by atoms with Gasteiger partial charge in [0.2, 0.25) is 0 Å². The minimum atomic E-state index is 0.887. The second-order valence-corrected chi connectivity index (χ2v) is 15.7. The summed E-state index contributed by atoms with van der Waals surface area (Å²) in [7, 11) is 0. The Morgan fingerprint density at radius 2 is 0.934 bits per heavy atom. The van der Waals surface area contributed by atoms with Crippen molar-refractivity contribution in [3.63, 3.8) is 0 Å². The molecular weight excluding hydrogens is 741 g/mol. The van der Waals surface area contributed by atoms with Crippen molar-refractivity contribution in [2.45, 2.75) is 0 Å². The SMILES string of the molecule is c1ccc(-c2cccc(N(c3ccc(-c4ccccc4-n4c5ccccc5c5ccccc54)cc3)c3cccc(-c4cccc5oc6c7ccccc7ccc6c45)c3)c2)cc1. The van der Waals surface area contributed by atoms with Crippen molar-refractivity contribution in [2.75, 3.05) is 4.90 Å². The van der Waals surface area contributed by atoms with Crippen LogP contribution in [0.2, 0.25) is 0 Å². The highest BCUT2D eigenvalue weighted by atomic mass is 16.3. The molecule has 0 aliphatic rings. The van der Waals surface area contributed by atoms with E-state index in [-0.39, 0.29) is 0 Å². The van der Waals surface area contributed by atoms with Crippen molar-refractivity contribution in [2.24, 2.45) is 0 Å². The normalized spacial score (nSPS) is 11.6. The van der Waals surface area contributed by atoms with Gasteiger partial charge in [0, 0.05) is 49.6 Å². The lowest BCUT2D eigenvalue weighted by Gasteiger charge is -2.27. The zero-order chi connectivity index (χ0) is 40.3. The van der Waals surface area contributed by atoms with Crippen molar-refractivity contribution in [1.29, 1.82) is 0 Å². The third-order valence-electron chi connectivity index (χ3n) is 12.2. The molecule has 2 aromatic heterocycles. The van der Waals surface area contributed by atoms with E-state index in [1.54, 1.807) is 0 Å². The van der Waals surface area contributed by atoms with Crippen LogP contribution in [0.25, 0.3) is 93.6 Å². The summed E-state index contributed by atoms with van der Waals surface area (Å²) in [5.41, 5.74) is 15.5. The van der Waals surface area contributed by atoms with Gasteiger partial charge in [-0.15, -0.1) is 0 Å². The van der Waals surface area contributed by atoms with E-state index in [9.17, 15) is 0 Å². The van der Waals surface area contributed by atoms with Crippen LogP contribution in [0.15, 0.2) is 235 Å². The van der Waals surface area contributed by atoms with Crippen LogP contribution in [0.5, 0.6) is 0 Å². The van der Waals surface area contributed by atoms with E-state index in [0.29, 0.717) is 0 Å². The van der Waals surface area contributed by atoms with Gasteiger partial charge in [0.15, 0.2) is 0 Å². The van der Waals surface area contributed by atoms with Crippen LogP contribution in [-0.2, 0) is 0 Å². The largest absolute Gasteiger partial charge is 0.455 e. The van der Waals surface area contributed by atoms with E-state index >= 15 is 0 Å². The van der Waals surface area contributed by atoms with Crippen LogP contribution in [0.1, 0.15) is 0 Å². The fourth-order valence-corrected chi connectivity index (χ4v) is 9.39.